The molecule has 2 aromatic carbocycles. The average molecular weight is 430 g/mol. The van der Waals surface area contributed by atoms with Crippen molar-refractivity contribution >= 4 is 17.4 Å². The van der Waals surface area contributed by atoms with Gasteiger partial charge in [-0.1, -0.05) is 24.3 Å². The Morgan fingerprint density at radius 2 is 1.77 bits per heavy atom. The SMILES string of the molecule is O=C(Cc1ccc(F)cc1)Nc1nn2cccnc2c1-c1ccc(OC(F)(F)F)cc1. The monoisotopic (exact) mass is 430 g/mol. The van der Waals surface area contributed by atoms with Crippen LogP contribution in [0, 0.1) is 5.82 Å². The molecule has 0 atom stereocenters. The van der Waals surface area contributed by atoms with Gasteiger partial charge in [0.05, 0.1) is 12.0 Å². The van der Waals surface area contributed by atoms with Crippen LogP contribution in [0.25, 0.3) is 16.8 Å². The lowest BCUT2D eigenvalue weighted by Crippen LogP contribution is -2.17. The predicted octanol–water partition coefficient (Wildman–Crippen LogP) is 4.62. The highest BCUT2D eigenvalue weighted by molar-refractivity contribution is 5.98. The quantitative estimate of drug-likeness (QED) is 0.470. The number of hydrogen-bond acceptors (Lipinski definition) is 4. The van der Waals surface area contributed by atoms with Crippen LogP contribution in [-0.2, 0) is 11.2 Å². The zero-order valence-electron chi connectivity index (χ0n) is 15.7. The fourth-order valence-corrected chi connectivity index (χ4v) is 3.03. The summed E-state index contributed by atoms with van der Waals surface area (Å²) in [6, 6.07) is 12.3. The molecule has 0 unspecified atom stereocenters. The van der Waals surface area contributed by atoms with Gasteiger partial charge in [-0.15, -0.1) is 18.3 Å². The van der Waals surface area contributed by atoms with Gasteiger partial charge in [0.15, 0.2) is 11.5 Å². The Morgan fingerprint density at radius 3 is 2.45 bits per heavy atom. The molecule has 31 heavy (non-hydrogen) atoms. The molecule has 6 nitrogen and oxygen atoms in total. The number of alkyl halides is 3. The van der Waals surface area contributed by atoms with Crippen LogP contribution in [0.5, 0.6) is 5.75 Å². The van der Waals surface area contributed by atoms with Crippen LogP contribution in [0.1, 0.15) is 5.56 Å². The highest BCUT2D eigenvalue weighted by Gasteiger charge is 2.31. The third kappa shape index (κ3) is 4.80. The second kappa shape index (κ2) is 8.05. The lowest BCUT2D eigenvalue weighted by Gasteiger charge is -2.10. The third-order valence-corrected chi connectivity index (χ3v) is 4.31. The normalized spacial score (nSPS) is 11.5. The minimum Gasteiger partial charge on any atom is -0.406 e. The van der Waals surface area contributed by atoms with E-state index in [0.717, 1.165) is 0 Å². The molecule has 0 aliphatic heterocycles. The molecule has 0 aliphatic carbocycles. The number of halogens is 4. The molecule has 0 saturated carbocycles. The minimum atomic E-state index is -4.80. The maximum atomic E-state index is 13.1. The number of aromatic nitrogens is 3. The molecular formula is C21H14F4N4O2. The summed E-state index contributed by atoms with van der Waals surface area (Å²) in [6.45, 7) is 0. The summed E-state index contributed by atoms with van der Waals surface area (Å²) in [7, 11) is 0. The molecule has 158 valence electrons. The van der Waals surface area contributed by atoms with Crippen molar-refractivity contribution in [2.24, 2.45) is 0 Å². The maximum Gasteiger partial charge on any atom is 0.573 e. The molecule has 10 heteroatoms. The van der Waals surface area contributed by atoms with Crippen molar-refractivity contribution in [3.8, 4) is 16.9 Å². The van der Waals surface area contributed by atoms with Crippen molar-refractivity contribution in [3.63, 3.8) is 0 Å². The van der Waals surface area contributed by atoms with Crippen LogP contribution in [-0.4, -0.2) is 26.9 Å². The number of nitrogens with one attached hydrogen (secondary N) is 1. The van der Waals surface area contributed by atoms with Gasteiger partial charge >= 0.3 is 6.36 Å². The van der Waals surface area contributed by atoms with E-state index in [-0.39, 0.29) is 18.0 Å². The van der Waals surface area contributed by atoms with Gasteiger partial charge in [0.1, 0.15) is 11.6 Å². The van der Waals surface area contributed by atoms with Crippen LogP contribution >= 0.6 is 0 Å². The largest absolute Gasteiger partial charge is 0.573 e. The molecule has 0 fully saturated rings. The highest BCUT2D eigenvalue weighted by atomic mass is 19.4. The fraction of sp³-hybridized carbons (Fsp3) is 0.0952. The number of benzene rings is 2. The standard InChI is InChI=1S/C21H14F4N4O2/c22-15-6-2-13(3-7-15)12-17(30)27-19-18(20-26-10-1-11-29(20)28-19)14-4-8-16(9-5-14)31-21(23,24)25/h1-11H,12H2,(H,27,28,30). The molecule has 0 spiro atoms. The Bertz CT molecular complexity index is 1220. The first-order chi connectivity index (χ1) is 14.8. The summed E-state index contributed by atoms with van der Waals surface area (Å²) in [5.74, 6) is -0.984. The van der Waals surface area contributed by atoms with Gasteiger partial charge in [0.2, 0.25) is 5.91 Å². The number of hydrogen-bond donors (Lipinski definition) is 1. The highest BCUT2D eigenvalue weighted by Crippen LogP contribution is 2.33. The molecule has 0 radical (unpaired) electrons. The van der Waals surface area contributed by atoms with Crippen LogP contribution in [0.3, 0.4) is 0 Å². The molecule has 0 aliphatic rings. The van der Waals surface area contributed by atoms with E-state index in [9.17, 15) is 22.4 Å². The molecule has 1 N–H and O–H groups in total. The van der Waals surface area contributed by atoms with Gasteiger partial charge in [-0.05, 0) is 41.5 Å². The summed E-state index contributed by atoms with van der Waals surface area (Å²) < 4.78 is 55.7. The fourth-order valence-electron chi connectivity index (χ4n) is 3.03. The maximum absolute atomic E-state index is 13.1. The molecular weight excluding hydrogens is 416 g/mol. The summed E-state index contributed by atoms with van der Waals surface area (Å²) in [4.78, 5) is 16.8. The summed E-state index contributed by atoms with van der Waals surface area (Å²) in [5.41, 5.74) is 1.94. The molecule has 0 bridgehead atoms. The van der Waals surface area contributed by atoms with Crippen molar-refractivity contribution < 1.29 is 27.1 Å². The van der Waals surface area contributed by atoms with Crippen LogP contribution in [0.15, 0.2) is 67.0 Å². The first-order valence-corrected chi connectivity index (χ1v) is 9.02. The van der Waals surface area contributed by atoms with E-state index < -0.39 is 18.1 Å². The Kier molecular flexibility index (Phi) is 5.28. The van der Waals surface area contributed by atoms with Crippen molar-refractivity contribution in [2.75, 3.05) is 5.32 Å². The zero-order chi connectivity index (χ0) is 22.0. The molecule has 0 saturated heterocycles. The van der Waals surface area contributed by atoms with E-state index in [1.165, 1.54) is 59.2 Å². The number of amides is 1. The van der Waals surface area contributed by atoms with Crippen molar-refractivity contribution in [1.29, 1.82) is 0 Å². The molecule has 2 aromatic heterocycles. The predicted molar refractivity (Wildman–Crippen MR) is 104 cm³/mol. The number of nitrogens with zero attached hydrogens (tertiary/aromatic N) is 3. The summed E-state index contributed by atoms with van der Waals surface area (Å²) in [5, 5.41) is 7.02. The number of carbonyl (C=O) groups excluding carboxylic acids is 1. The second-order valence-electron chi connectivity index (χ2n) is 6.54. The number of ether oxygens (including phenoxy) is 1. The smallest absolute Gasteiger partial charge is 0.406 e. The number of anilines is 1. The first-order valence-electron chi connectivity index (χ1n) is 9.02. The second-order valence-corrected chi connectivity index (χ2v) is 6.54. The van der Waals surface area contributed by atoms with Gasteiger partial charge in [-0.3, -0.25) is 4.79 Å². The van der Waals surface area contributed by atoms with Crippen LogP contribution in [0.2, 0.25) is 0 Å². The van der Waals surface area contributed by atoms with Gasteiger partial charge in [-0.25, -0.2) is 13.9 Å². The van der Waals surface area contributed by atoms with Crippen LogP contribution < -0.4 is 10.1 Å². The minimum absolute atomic E-state index is 0.0145. The molecule has 1 amide bonds. The van der Waals surface area contributed by atoms with Crippen molar-refractivity contribution in [2.45, 2.75) is 12.8 Å². The average Bonchev–Trinajstić information content (AvgIpc) is 3.07. The van der Waals surface area contributed by atoms with E-state index in [4.69, 9.17) is 0 Å². The molecule has 2 heterocycles. The van der Waals surface area contributed by atoms with E-state index in [1.807, 2.05) is 0 Å². The zero-order valence-corrected chi connectivity index (χ0v) is 15.7. The first kappa shape index (κ1) is 20.3. The van der Waals surface area contributed by atoms with Crippen molar-refractivity contribution in [1.82, 2.24) is 14.6 Å². The number of rotatable bonds is 5. The van der Waals surface area contributed by atoms with Gasteiger partial charge in [0.25, 0.3) is 0 Å². The van der Waals surface area contributed by atoms with E-state index >= 15 is 0 Å². The van der Waals surface area contributed by atoms with Gasteiger partial charge in [-0.2, -0.15) is 0 Å². The summed E-state index contributed by atoms with van der Waals surface area (Å²) >= 11 is 0. The van der Waals surface area contributed by atoms with E-state index in [2.05, 4.69) is 20.1 Å². The van der Waals surface area contributed by atoms with E-state index in [1.54, 1.807) is 12.3 Å². The lowest BCUT2D eigenvalue weighted by molar-refractivity contribution is -0.274. The van der Waals surface area contributed by atoms with Crippen molar-refractivity contribution in [3.05, 3.63) is 78.4 Å². The molecule has 4 rings (SSSR count). The number of fused-ring (bicyclic) bond motifs is 1. The van der Waals surface area contributed by atoms with Gasteiger partial charge in [0, 0.05) is 12.4 Å². The Hall–Kier alpha value is -3.95. The summed E-state index contributed by atoms with van der Waals surface area (Å²) in [6.07, 6.45) is -1.65. The van der Waals surface area contributed by atoms with E-state index in [0.29, 0.717) is 22.3 Å². The van der Waals surface area contributed by atoms with Crippen LogP contribution in [0.4, 0.5) is 23.4 Å². The van der Waals surface area contributed by atoms with Gasteiger partial charge < -0.3 is 10.1 Å². The Morgan fingerprint density at radius 1 is 1.06 bits per heavy atom. The Labute approximate surface area is 173 Å². The number of carbonyl (C=O) groups is 1. The lowest BCUT2D eigenvalue weighted by atomic mass is 10.1. The molecule has 4 aromatic rings. The topological polar surface area (TPSA) is 68.5 Å². The third-order valence-electron chi connectivity index (χ3n) is 4.31. The Balaban J connectivity index is 1.64.